The first-order valence-electron chi connectivity index (χ1n) is 5.70. The fraction of sp³-hybridized carbons (Fsp3) is 0.143. The zero-order valence-electron chi connectivity index (χ0n) is 10.2. The van der Waals surface area contributed by atoms with Crippen molar-refractivity contribution in [1.29, 1.82) is 0 Å². The van der Waals surface area contributed by atoms with E-state index in [2.05, 4.69) is 4.98 Å². The van der Waals surface area contributed by atoms with Crippen molar-refractivity contribution in [3.8, 4) is 0 Å². The highest BCUT2D eigenvalue weighted by molar-refractivity contribution is 5.89. The van der Waals surface area contributed by atoms with Gasteiger partial charge in [-0.1, -0.05) is 12.1 Å². The molecule has 0 unspecified atom stereocenters. The quantitative estimate of drug-likeness (QED) is 0.809. The normalized spacial score (nSPS) is 11.2. The SMILES string of the molecule is O=C(OCc1cccnc1)c1cccc(C(F)(F)F)c1. The van der Waals surface area contributed by atoms with Gasteiger partial charge >= 0.3 is 12.1 Å². The molecule has 0 spiro atoms. The number of rotatable bonds is 3. The Balaban J connectivity index is 2.06. The monoisotopic (exact) mass is 281 g/mol. The first-order valence-corrected chi connectivity index (χ1v) is 5.70. The Morgan fingerprint density at radius 1 is 1.20 bits per heavy atom. The highest BCUT2D eigenvalue weighted by atomic mass is 19.4. The van der Waals surface area contributed by atoms with Gasteiger partial charge in [-0.15, -0.1) is 0 Å². The van der Waals surface area contributed by atoms with Crippen molar-refractivity contribution in [2.24, 2.45) is 0 Å². The zero-order valence-corrected chi connectivity index (χ0v) is 10.2. The van der Waals surface area contributed by atoms with Crippen molar-refractivity contribution in [3.05, 3.63) is 65.5 Å². The first kappa shape index (κ1) is 14.0. The molecule has 0 atom stereocenters. The molecular formula is C14H10F3NO2. The summed E-state index contributed by atoms with van der Waals surface area (Å²) in [5, 5.41) is 0. The van der Waals surface area contributed by atoms with Crippen LogP contribution < -0.4 is 0 Å². The van der Waals surface area contributed by atoms with E-state index >= 15 is 0 Å². The Bertz CT molecular complexity index is 597. The van der Waals surface area contributed by atoms with Gasteiger partial charge in [0.2, 0.25) is 0 Å². The Kier molecular flexibility index (Phi) is 4.02. The average Bonchev–Trinajstić information content (AvgIpc) is 2.45. The number of pyridine rings is 1. The third-order valence-electron chi connectivity index (χ3n) is 2.52. The lowest BCUT2D eigenvalue weighted by Gasteiger charge is -2.08. The van der Waals surface area contributed by atoms with Crippen LogP contribution in [0, 0.1) is 0 Å². The lowest BCUT2D eigenvalue weighted by atomic mass is 10.1. The Morgan fingerprint density at radius 3 is 2.65 bits per heavy atom. The highest BCUT2D eigenvalue weighted by Crippen LogP contribution is 2.29. The van der Waals surface area contributed by atoms with Crippen LogP contribution in [-0.4, -0.2) is 11.0 Å². The van der Waals surface area contributed by atoms with Crippen molar-refractivity contribution in [2.75, 3.05) is 0 Å². The highest BCUT2D eigenvalue weighted by Gasteiger charge is 2.31. The smallest absolute Gasteiger partial charge is 0.416 e. The predicted octanol–water partition coefficient (Wildman–Crippen LogP) is 3.46. The summed E-state index contributed by atoms with van der Waals surface area (Å²) in [4.78, 5) is 15.5. The number of aromatic nitrogens is 1. The van der Waals surface area contributed by atoms with Gasteiger partial charge in [-0.25, -0.2) is 4.79 Å². The lowest BCUT2D eigenvalue weighted by molar-refractivity contribution is -0.137. The van der Waals surface area contributed by atoms with E-state index < -0.39 is 17.7 Å². The summed E-state index contributed by atoms with van der Waals surface area (Å²) < 4.78 is 42.5. The lowest BCUT2D eigenvalue weighted by Crippen LogP contribution is -2.09. The van der Waals surface area contributed by atoms with Crippen molar-refractivity contribution >= 4 is 5.97 Å². The van der Waals surface area contributed by atoms with Crippen molar-refractivity contribution < 1.29 is 22.7 Å². The molecule has 0 aliphatic carbocycles. The zero-order chi connectivity index (χ0) is 14.6. The van der Waals surface area contributed by atoms with E-state index in [4.69, 9.17) is 4.74 Å². The Morgan fingerprint density at radius 2 is 2.00 bits per heavy atom. The molecule has 1 heterocycles. The fourth-order valence-electron chi connectivity index (χ4n) is 1.54. The predicted molar refractivity (Wildman–Crippen MR) is 64.8 cm³/mol. The van der Waals surface area contributed by atoms with Crippen LogP contribution in [0.2, 0.25) is 0 Å². The number of benzene rings is 1. The number of carbonyl (C=O) groups is 1. The van der Waals surface area contributed by atoms with Crippen LogP contribution in [0.1, 0.15) is 21.5 Å². The van der Waals surface area contributed by atoms with E-state index in [1.54, 1.807) is 18.3 Å². The van der Waals surface area contributed by atoms with Crippen LogP contribution in [0.3, 0.4) is 0 Å². The van der Waals surface area contributed by atoms with Gasteiger partial charge in [0.15, 0.2) is 0 Å². The number of nitrogens with zero attached hydrogens (tertiary/aromatic N) is 1. The minimum Gasteiger partial charge on any atom is -0.457 e. The van der Waals surface area contributed by atoms with Crippen molar-refractivity contribution in [2.45, 2.75) is 12.8 Å². The number of halogens is 3. The molecule has 2 rings (SSSR count). The molecule has 0 N–H and O–H groups in total. The minimum atomic E-state index is -4.49. The van der Waals surface area contributed by atoms with Gasteiger partial charge in [-0.3, -0.25) is 4.98 Å². The second-order valence-electron chi connectivity index (χ2n) is 4.02. The fourth-order valence-corrected chi connectivity index (χ4v) is 1.54. The molecule has 0 radical (unpaired) electrons. The summed E-state index contributed by atoms with van der Waals surface area (Å²) in [5.74, 6) is -0.806. The molecule has 20 heavy (non-hydrogen) atoms. The second-order valence-corrected chi connectivity index (χ2v) is 4.02. The largest absolute Gasteiger partial charge is 0.457 e. The molecule has 0 aliphatic rings. The first-order chi connectivity index (χ1) is 9.47. The van der Waals surface area contributed by atoms with Crippen molar-refractivity contribution in [1.82, 2.24) is 4.98 Å². The molecule has 3 nitrogen and oxygen atoms in total. The van der Waals surface area contributed by atoms with Gasteiger partial charge in [0.25, 0.3) is 0 Å². The maximum atomic E-state index is 12.5. The van der Waals surface area contributed by atoms with Gasteiger partial charge in [-0.05, 0) is 24.3 Å². The molecule has 1 aromatic heterocycles. The van der Waals surface area contributed by atoms with E-state index in [1.807, 2.05) is 0 Å². The number of carbonyl (C=O) groups excluding carboxylic acids is 1. The van der Waals surface area contributed by atoms with Gasteiger partial charge in [0.05, 0.1) is 11.1 Å². The van der Waals surface area contributed by atoms with E-state index in [0.717, 1.165) is 12.1 Å². The third kappa shape index (κ3) is 3.57. The van der Waals surface area contributed by atoms with Crippen LogP contribution in [-0.2, 0) is 17.5 Å². The van der Waals surface area contributed by atoms with Crippen LogP contribution in [0.25, 0.3) is 0 Å². The molecule has 0 saturated heterocycles. The topological polar surface area (TPSA) is 39.2 Å². The Labute approximate surface area is 113 Å². The summed E-state index contributed by atoms with van der Waals surface area (Å²) in [5.41, 5.74) is -0.357. The van der Waals surface area contributed by atoms with Gasteiger partial charge in [0, 0.05) is 18.0 Å². The number of alkyl halides is 3. The second kappa shape index (κ2) is 5.73. The van der Waals surface area contributed by atoms with Gasteiger partial charge in [0.1, 0.15) is 6.61 Å². The van der Waals surface area contributed by atoms with Crippen LogP contribution >= 0.6 is 0 Å². The van der Waals surface area contributed by atoms with Crippen molar-refractivity contribution in [3.63, 3.8) is 0 Å². The molecule has 1 aromatic carbocycles. The third-order valence-corrected chi connectivity index (χ3v) is 2.52. The van der Waals surface area contributed by atoms with Crippen LogP contribution in [0.4, 0.5) is 13.2 Å². The number of hydrogen-bond acceptors (Lipinski definition) is 3. The molecule has 2 aromatic rings. The van der Waals surface area contributed by atoms with E-state index in [0.29, 0.717) is 5.56 Å². The summed E-state index contributed by atoms with van der Waals surface area (Å²) in [6.07, 6.45) is -1.41. The number of esters is 1. The van der Waals surface area contributed by atoms with Crippen LogP contribution in [0.15, 0.2) is 48.8 Å². The van der Waals surface area contributed by atoms with E-state index in [1.165, 1.54) is 18.3 Å². The summed E-state index contributed by atoms with van der Waals surface area (Å²) in [6, 6.07) is 7.49. The minimum absolute atomic E-state index is 0.0388. The van der Waals surface area contributed by atoms with Gasteiger partial charge in [-0.2, -0.15) is 13.2 Å². The van der Waals surface area contributed by atoms with Crippen LogP contribution in [0.5, 0.6) is 0 Å². The molecule has 6 heteroatoms. The maximum absolute atomic E-state index is 12.5. The van der Waals surface area contributed by atoms with Gasteiger partial charge < -0.3 is 4.74 Å². The standard InChI is InChI=1S/C14H10F3NO2/c15-14(16,17)12-5-1-4-11(7-12)13(19)20-9-10-3-2-6-18-8-10/h1-8H,9H2. The van der Waals surface area contributed by atoms with E-state index in [9.17, 15) is 18.0 Å². The number of ether oxygens (including phenoxy) is 1. The summed E-state index contributed by atoms with van der Waals surface area (Å²) >= 11 is 0. The maximum Gasteiger partial charge on any atom is 0.416 e. The molecule has 0 fully saturated rings. The Hall–Kier alpha value is -2.37. The molecule has 104 valence electrons. The summed E-state index contributed by atoms with van der Waals surface area (Å²) in [7, 11) is 0. The molecular weight excluding hydrogens is 271 g/mol. The molecule has 0 bridgehead atoms. The average molecular weight is 281 g/mol. The molecule has 0 aliphatic heterocycles. The molecule has 0 amide bonds. The molecule has 0 saturated carbocycles. The number of hydrogen-bond donors (Lipinski definition) is 0. The summed E-state index contributed by atoms with van der Waals surface area (Å²) in [6.45, 7) is -0.0388. The van der Waals surface area contributed by atoms with E-state index in [-0.39, 0.29) is 12.2 Å².